The van der Waals surface area contributed by atoms with E-state index in [0.29, 0.717) is 6.42 Å². The molecule has 0 fully saturated rings. The van der Waals surface area contributed by atoms with E-state index in [4.69, 9.17) is 0 Å². The van der Waals surface area contributed by atoms with E-state index >= 15 is 0 Å². The second-order valence-corrected chi connectivity index (χ2v) is 4.53. The number of allylic oxidation sites excluding steroid dienone is 3. The van der Waals surface area contributed by atoms with Crippen LogP contribution >= 0.6 is 0 Å². The van der Waals surface area contributed by atoms with Crippen LogP contribution in [0.3, 0.4) is 0 Å². The molecule has 0 spiro atoms. The second-order valence-electron chi connectivity index (χ2n) is 4.53. The van der Waals surface area contributed by atoms with Crippen LogP contribution in [0.5, 0.6) is 5.75 Å². The molecule has 2 heteroatoms. The molecule has 1 aliphatic carbocycles. The Hall–Kier alpha value is -1.80. The molecule has 1 unspecified atom stereocenters. The first-order chi connectivity index (χ1) is 8.05. The average Bonchev–Trinajstić information content (AvgIpc) is 2.28. The van der Waals surface area contributed by atoms with Crippen LogP contribution in [-0.2, 0) is 0 Å². The Bertz CT molecular complexity index is 493. The molecule has 88 valence electrons. The topological polar surface area (TPSA) is 40.5 Å². The van der Waals surface area contributed by atoms with Gasteiger partial charge in [-0.05, 0) is 36.6 Å². The van der Waals surface area contributed by atoms with Crippen molar-refractivity contribution in [2.24, 2.45) is 0 Å². The van der Waals surface area contributed by atoms with E-state index in [0.717, 1.165) is 11.1 Å². The van der Waals surface area contributed by atoms with Crippen LogP contribution in [0.4, 0.5) is 0 Å². The highest BCUT2D eigenvalue weighted by Crippen LogP contribution is 2.21. The van der Waals surface area contributed by atoms with Gasteiger partial charge in [-0.25, -0.2) is 0 Å². The van der Waals surface area contributed by atoms with Gasteiger partial charge in [0.1, 0.15) is 5.75 Å². The van der Waals surface area contributed by atoms with Gasteiger partial charge in [0.25, 0.3) is 0 Å². The molecule has 0 saturated carbocycles. The number of aromatic hydroxyl groups is 1. The fourth-order valence-electron chi connectivity index (χ4n) is 1.68. The highest BCUT2D eigenvalue weighted by atomic mass is 16.3. The number of rotatable bonds is 2. The summed E-state index contributed by atoms with van der Waals surface area (Å²) < 4.78 is 0. The Morgan fingerprint density at radius 2 is 2.12 bits per heavy atom. The van der Waals surface area contributed by atoms with Gasteiger partial charge in [-0.2, -0.15) is 0 Å². The molecule has 0 saturated heterocycles. The number of phenols is 1. The van der Waals surface area contributed by atoms with Crippen LogP contribution < -0.4 is 0 Å². The van der Waals surface area contributed by atoms with E-state index in [9.17, 15) is 10.2 Å². The van der Waals surface area contributed by atoms with Crippen LogP contribution in [0, 0.1) is 0 Å². The van der Waals surface area contributed by atoms with Gasteiger partial charge >= 0.3 is 0 Å². The molecular formula is C15H16O2. The summed E-state index contributed by atoms with van der Waals surface area (Å²) in [6.07, 6.45) is 10.2. The summed E-state index contributed by atoms with van der Waals surface area (Å²) in [4.78, 5) is 0. The largest absolute Gasteiger partial charge is 0.508 e. The molecule has 17 heavy (non-hydrogen) atoms. The fourth-order valence-corrected chi connectivity index (χ4v) is 1.68. The van der Waals surface area contributed by atoms with Crippen molar-refractivity contribution in [3.8, 4) is 5.75 Å². The first-order valence-electron chi connectivity index (χ1n) is 5.64. The fraction of sp³-hybridized carbons (Fsp3) is 0.200. The lowest BCUT2D eigenvalue weighted by Crippen LogP contribution is -2.21. The van der Waals surface area contributed by atoms with Gasteiger partial charge in [-0.15, -0.1) is 0 Å². The molecule has 1 aromatic carbocycles. The molecule has 0 aliphatic heterocycles. The predicted molar refractivity (Wildman–Crippen MR) is 69.6 cm³/mol. The summed E-state index contributed by atoms with van der Waals surface area (Å²) in [7, 11) is 0. The lowest BCUT2D eigenvalue weighted by Gasteiger charge is -2.20. The van der Waals surface area contributed by atoms with E-state index in [1.165, 1.54) is 0 Å². The Morgan fingerprint density at radius 1 is 1.29 bits per heavy atom. The Balaban J connectivity index is 2.08. The highest BCUT2D eigenvalue weighted by Gasteiger charge is 2.16. The van der Waals surface area contributed by atoms with Crippen molar-refractivity contribution in [1.29, 1.82) is 0 Å². The van der Waals surface area contributed by atoms with Crippen molar-refractivity contribution in [2.45, 2.75) is 18.9 Å². The van der Waals surface area contributed by atoms with Gasteiger partial charge in [0.05, 0.1) is 5.60 Å². The molecule has 0 heterocycles. The standard InChI is InChI=1S/C15H16O2/c1-15(17)9-7-12(8-10-15)5-6-13-3-2-4-14(16)11-13/h2-9,11,16-17H,10H2,1H3/b6-5+. The van der Waals surface area contributed by atoms with E-state index in [2.05, 4.69) is 0 Å². The van der Waals surface area contributed by atoms with Crippen LogP contribution in [-0.4, -0.2) is 15.8 Å². The van der Waals surface area contributed by atoms with Gasteiger partial charge in [0, 0.05) is 0 Å². The Morgan fingerprint density at radius 3 is 2.76 bits per heavy atom. The molecular weight excluding hydrogens is 212 g/mol. The Kier molecular flexibility index (Phi) is 3.16. The average molecular weight is 228 g/mol. The van der Waals surface area contributed by atoms with Crippen LogP contribution in [0.15, 0.2) is 54.1 Å². The minimum Gasteiger partial charge on any atom is -0.508 e. The van der Waals surface area contributed by atoms with Crippen LogP contribution in [0.1, 0.15) is 18.9 Å². The van der Waals surface area contributed by atoms with E-state index < -0.39 is 5.60 Å². The third kappa shape index (κ3) is 3.33. The lowest BCUT2D eigenvalue weighted by atomic mass is 9.94. The molecule has 0 amide bonds. The van der Waals surface area contributed by atoms with E-state index in [-0.39, 0.29) is 5.75 Å². The number of aliphatic hydroxyl groups is 1. The molecule has 1 aliphatic rings. The smallest absolute Gasteiger partial charge is 0.116 e. The van der Waals surface area contributed by atoms with Gasteiger partial charge in [0.15, 0.2) is 0 Å². The maximum Gasteiger partial charge on any atom is 0.116 e. The molecule has 0 radical (unpaired) electrons. The highest BCUT2D eigenvalue weighted by molar-refractivity contribution is 5.56. The van der Waals surface area contributed by atoms with Crippen LogP contribution in [0.25, 0.3) is 6.08 Å². The molecule has 2 nitrogen and oxygen atoms in total. The lowest BCUT2D eigenvalue weighted by molar-refractivity contribution is 0.114. The minimum absolute atomic E-state index is 0.267. The number of benzene rings is 1. The zero-order valence-electron chi connectivity index (χ0n) is 9.80. The maximum absolute atomic E-state index is 9.73. The van der Waals surface area contributed by atoms with Gasteiger partial charge in [-0.1, -0.05) is 42.5 Å². The number of hydrogen-bond acceptors (Lipinski definition) is 2. The molecule has 2 N–H and O–H groups in total. The zero-order chi connectivity index (χ0) is 12.3. The molecule has 0 aromatic heterocycles. The minimum atomic E-state index is -0.720. The summed E-state index contributed by atoms with van der Waals surface area (Å²) in [6.45, 7) is 1.79. The van der Waals surface area contributed by atoms with Crippen LogP contribution in [0.2, 0.25) is 0 Å². The van der Waals surface area contributed by atoms with E-state index in [1.54, 1.807) is 25.1 Å². The van der Waals surface area contributed by atoms with Crippen molar-refractivity contribution in [2.75, 3.05) is 0 Å². The monoisotopic (exact) mass is 228 g/mol. The summed E-state index contributed by atoms with van der Waals surface area (Å²) in [5.74, 6) is 0.267. The molecule has 2 rings (SSSR count). The summed E-state index contributed by atoms with van der Waals surface area (Å²) in [5, 5.41) is 19.0. The van der Waals surface area contributed by atoms with Gasteiger partial charge in [-0.3, -0.25) is 0 Å². The van der Waals surface area contributed by atoms with Crippen molar-refractivity contribution < 1.29 is 10.2 Å². The normalized spacial score (nSPS) is 24.0. The third-order valence-corrected chi connectivity index (χ3v) is 2.72. The number of hydrogen-bond donors (Lipinski definition) is 2. The second kappa shape index (κ2) is 4.60. The third-order valence-electron chi connectivity index (χ3n) is 2.72. The van der Waals surface area contributed by atoms with Crippen molar-refractivity contribution in [3.63, 3.8) is 0 Å². The van der Waals surface area contributed by atoms with E-state index in [1.807, 2.05) is 36.4 Å². The maximum atomic E-state index is 9.73. The van der Waals surface area contributed by atoms with Gasteiger partial charge in [0.2, 0.25) is 0 Å². The SMILES string of the molecule is CC1(O)C=CC(/C=C/c2cccc(O)c2)=CC1. The quantitative estimate of drug-likeness (QED) is 0.816. The number of phenolic OH excluding ortho intramolecular Hbond substituents is 1. The summed E-state index contributed by atoms with van der Waals surface area (Å²) in [6, 6.07) is 7.10. The van der Waals surface area contributed by atoms with Crippen molar-refractivity contribution in [3.05, 3.63) is 59.7 Å². The predicted octanol–water partition coefficient (Wildman–Crippen LogP) is 3.04. The summed E-state index contributed by atoms with van der Waals surface area (Å²) in [5.41, 5.74) is 1.30. The zero-order valence-corrected chi connectivity index (χ0v) is 9.80. The van der Waals surface area contributed by atoms with Gasteiger partial charge < -0.3 is 10.2 Å². The Labute approximate surface area is 101 Å². The van der Waals surface area contributed by atoms with Crippen molar-refractivity contribution >= 4 is 6.08 Å². The molecule has 1 atom stereocenters. The first-order valence-corrected chi connectivity index (χ1v) is 5.64. The first kappa shape index (κ1) is 11.7. The summed E-state index contributed by atoms with van der Waals surface area (Å²) >= 11 is 0. The van der Waals surface area contributed by atoms with Crippen molar-refractivity contribution in [1.82, 2.24) is 0 Å². The molecule has 0 bridgehead atoms. The molecule has 1 aromatic rings.